The van der Waals surface area contributed by atoms with Gasteiger partial charge in [-0.3, -0.25) is 0 Å². The van der Waals surface area contributed by atoms with Crippen LogP contribution < -0.4 is 5.32 Å². The Bertz CT molecular complexity index is 438. The fraction of sp³-hybridized carbons (Fsp3) is 0.385. The molecule has 0 spiro atoms. The molecule has 0 aliphatic rings. The fourth-order valence-electron chi connectivity index (χ4n) is 1.73. The van der Waals surface area contributed by atoms with E-state index in [4.69, 9.17) is 4.74 Å². The molecule has 2 nitrogen and oxygen atoms in total. The molecule has 0 saturated heterocycles. The Morgan fingerprint density at radius 1 is 1.25 bits per heavy atom. The Balaban J connectivity index is 1.91. The van der Waals surface area contributed by atoms with Gasteiger partial charge in [0.1, 0.15) is 0 Å². The summed E-state index contributed by atoms with van der Waals surface area (Å²) < 4.78 is 6.38. The van der Waals surface area contributed by atoms with Gasteiger partial charge in [-0.25, -0.2) is 0 Å². The van der Waals surface area contributed by atoms with Gasteiger partial charge in [-0.05, 0) is 35.7 Å². The van der Waals surface area contributed by atoms with E-state index in [1.54, 1.807) is 18.4 Å². The van der Waals surface area contributed by atoms with Crippen LogP contribution in [-0.2, 0) is 4.74 Å². The maximum atomic E-state index is 5.03. The van der Waals surface area contributed by atoms with Crippen LogP contribution in [0.3, 0.4) is 0 Å². The number of hydrogen-bond acceptors (Lipinski definition) is 3. The van der Waals surface area contributed by atoms with Crippen molar-refractivity contribution in [1.82, 2.24) is 0 Å². The molecule has 1 N–H and O–H groups in total. The number of hydrogen-bond donors (Lipinski definition) is 1. The summed E-state index contributed by atoms with van der Waals surface area (Å²) in [5.41, 5.74) is 1.25. The van der Waals surface area contributed by atoms with Crippen molar-refractivity contribution in [1.29, 1.82) is 0 Å². The lowest BCUT2D eigenvalue weighted by Crippen LogP contribution is -2.02. The van der Waals surface area contributed by atoms with Crippen molar-refractivity contribution in [2.24, 2.45) is 0 Å². The first-order valence-corrected chi connectivity index (χ1v) is 6.49. The second-order valence-corrected chi connectivity index (χ2v) is 4.69. The van der Waals surface area contributed by atoms with Gasteiger partial charge in [0, 0.05) is 20.3 Å². The van der Waals surface area contributed by atoms with Crippen molar-refractivity contribution < 1.29 is 4.74 Å². The molecule has 0 amide bonds. The van der Waals surface area contributed by atoms with E-state index in [9.17, 15) is 0 Å². The van der Waals surface area contributed by atoms with Crippen molar-refractivity contribution in [3.63, 3.8) is 0 Å². The van der Waals surface area contributed by atoms with Crippen molar-refractivity contribution in [3.8, 4) is 0 Å². The molecule has 2 aromatic rings. The number of nitrogens with one attached hydrogen (secondary N) is 1. The molecule has 1 aromatic heterocycles. The van der Waals surface area contributed by atoms with Crippen molar-refractivity contribution in [2.45, 2.75) is 12.8 Å². The number of ether oxygens (including phenoxy) is 1. The van der Waals surface area contributed by atoms with E-state index in [1.807, 2.05) is 0 Å². The molecule has 0 bridgehead atoms. The number of anilines is 1. The second kappa shape index (κ2) is 5.87. The lowest BCUT2D eigenvalue weighted by Gasteiger charge is -2.07. The average molecular weight is 235 g/mol. The van der Waals surface area contributed by atoms with Crippen molar-refractivity contribution in [3.05, 3.63) is 29.6 Å². The molecule has 0 radical (unpaired) electrons. The van der Waals surface area contributed by atoms with E-state index in [1.165, 1.54) is 15.8 Å². The summed E-state index contributed by atoms with van der Waals surface area (Å²) in [5, 5.41) is 6.95. The van der Waals surface area contributed by atoms with E-state index < -0.39 is 0 Å². The molecule has 16 heavy (non-hydrogen) atoms. The summed E-state index contributed by atoms with van der Waals surface area (Å²) in [6.07, 6.45) is 2.26. The quantitative estimate of drug-likeness (QED) is 0.770. The van der Waals surface area contributed by atoms with E-state index in [0.29, 0.717) is 0 Å². The maximum Gasteiger partial charge on any atom is 0.0574 e. The number of unbranched alkanes of at least 4 members (excludes halogenated alkanes) is 1. The summed E-state index contributed by atoms with van der Waals surface area (Å²) >= 11 is 1.80. The van der Waals surface area contributed by atoms with Gasteiger partial charge in [-0.1, -0.05) is 12.1 Å². The molecule has 0 unspecified atom stereocenters. The van der Waals surface area contributed by atoms with Gasteiger partial charge in [-0.15, -0.1) is 11.3 Å². The van der Waals surface area contributed by atoms with Gasteiger partial charge in [-0.2, -0.15) is 0 Å². The summed E-state index contributed by atoms with van der Waals surface area (Å²) in [6.45, 7) is 1.87. The number of rotatable bonds is 6. The Hall–Kier alpha value is -1.06. The number of thiophene rings is 1. The number of methoxy groups -OCH3 is 1. The standard InChI is InChI=1S/C13H17NOS/c1-15-9-3-2-8-14-12-6-4-5-11-7-10-16-13(11)12/h4-7,10,14H,2-3,8-9H2,1H3. The van der Waals surface area contributed by atoms with Crippen LogP contribution in [-0.4, -0.2) is 20.3 Å². The van der Waals surface area contributed by atoms with Crippen LogP contribution in [0.15, 0.2) is 29.6 Å². The molecule has 0 aliphatic carbocycles. The lowest BCUT2D eigenvalue weighted by atomic mass is 10.2. The first kappa shape index (κ1) is 11.4. The van der Waals surface area contributed by atoms with Crippen LogP contribution in [0, 0.1) is 0 Å². The lowest BCUT2D eigenvalue weighted by molar-refractivity contribution is 0.194. The zero-order valence-corrected chi connectivity index (χ0v) is 10.3. The van der Waals surface area contributed by atoms with Crippen LogP contribution in [0.2, 0.25) is 0 Å². The minimum atomic E-state index is 0.852. The summed E-state index contributed by atoms with van der Waals surface area (Å²) in [6, 6.07) is 8.57. The van der Waals surface area contributed by atoms with Gasteiger partial charge < -0.3 is 10.1 Å². The van der Waals surface area contributed by atoms with Crippen LogP contribution in [0.4, 0.5) is 5.69 Å². The fourth-order valence-corrected chi connectivity index (χ4v) is 2.62. The van der Waals surface area contributed by atoms with E-state index in [2.05, 4.69) is 35.0 Å². The molecular formula is C13H17NOS. The highest BCUT2D eigenvalue weighted by molar-refractivity contribution is 7.17. The Morgan fingerprint density at radius 3 is 3.06 bits per heavy atom. The summed E-state index contributed by atoms with van der Waals surface area (Å²) in [5.74, 6) is 0. The molecule has 0 saturated carbocycles. The first-order valence-electron chi connectivity index (χ1n) is 5.61. The second-order valence-electron chi connectivity index (χ2n) is 3.77. The molecule has 1 heterocycles. The van der Waals surface area contributed by atoms with Crippen molar-refractivity contribution >= 4 is 27.1 Å². The van der Waals surface area contributed by atoms with Crippen molar-refractivity contribution in [2.75, 3.05) is 25.6 Å². The monoisotopic (exact) mass is 235 g/mol. The number of fused-ring (bicyclic) bond motifs is 1. The maximum absolute atomic E-state index is 5.03. The number of benzene rings is 1. The zero-order valence-electron chi connectivity index (χ0n) is 9.53. The normalized spacial score (nSPS) is 10.8. The van der Waals surface area contributed by atoms with Gasteiger partial charge in [0.2, 0.25) is 0 Å². The molecule has 0 fully saturated rings. The molecular weight excluding hydrogens is 218 g/mol. The van der Waals surface area contributed by atoms with Gasteiger partial charge in [0.25, 0.3) is 0 Å². The molecule has 1 aromatic carbocycles. The smallest absolute Gasteiger partial charge is 0.0574 e. The van der Waals surface area contributed by atoms with E-state index in [-0.39, 0.29) is 0 Å². The first-order chi connectivity index (χ1) is 7.92. The van der Waals surface area contributed by atoms with E-state index >= 15 is 0 Å². The van der Waals surface area contributed by atoms with Crippen LogP contribution in [0.5, 0.6) is 0 Å². The highest BCUT2D eigenvalue weighted by Crippen LogP contribution is 2.28. The predicted molar refractivity (Wildman–Crippen MR) is 71.4 cm³/mol. The SMILES string of the molecule is COCCCCNc1cccc2ccsc12. The third-order valence-corrected chi connectivity index (χ3v) is 3.53. The Morgan fingerprint density at radius 2 is 2.19 bits per heavy atom. The highest BCUT2D eigenvalue weighted by atomic mass is 32.1. The molecule has 0 aliphatic heterocycles. The topological polar surface area (TPSA) is 21.3 Å². The van der Waals surface area contributed by atoms with Crippen LogP contribution >= 0.6 is 11.3 Å². The minimum absolute atomic E-state index is 0.852. The molecule has 3 heteroatoms. The molecule has 0 atom stereocenters. The van der Waals surface area contributed by atoms with Crippen LogP contribution in [0.25, 0.3) is 10.1 Å². The van der Waals surface area contributed by atoms with Crippen LogP contribution in [0.1, 0.15) is 12.8 Å². The van der Waals surface area contributed by atoms with Gasteiger partial charge in [0.15, 0.2) is 0 Å². The molecule has 2 rings (SSSR count). The Kier molecular flexibility index (Phi) is 4.19. The molecule has 86 valence electrons. The van der Waals surface area contributed by atoms with Gasteiger partial charge in [0.05, 0.1) is 10.4 Å². The Labute approximate surface area is 100 Å². The predicted octanol–water partition coefficient (Wildman–Crippen LogP) is 3.74. The zero-order chi connectivity index (χ0) is 11.2. The summed E-state index contributed by atoms with van der Waals surface area (Å²) in [7, 11) is 1.75. The van der Waals surface area contributed by atoms with Gasteiger partial charge >= 0.3 is 0 Å². The average Bonchev–Trinajstić information content (AvgIpc) is 2.77. The minimum Gasteiger partial charge on any atom is -0.385 e. The largest absolute Gasteiger partial charge is 0.385 e. The third kappa shape index (κ3) is 2.74. The van der Waals surface area contributed by atoms with E-state index in [0.717, 1.165) is 26.0 Å². The highest BCUT2D eigenvalue weighted by Gasteiger charge is 2.00. The summed E-state index contributed by atoms with van der Waals surface area (Å²) in [4.78, 5) is 0. The third-order valence-electron chi connectivity index (χ3n) is 2.57.